The van der Waals surface area contributed by atoms with Crippen LogP contribution in [0.4, 0.5) is 0 Å². The fourth-order valence-corrected chi connectivity index (χ4v) is 2.85. The van der Waals surface area contributed by atoms with Crippen molar-refractivity contribution in [2.24, 2.45) is 5.92 Å². The summed E-state index contributed by atoms with van der Waals surface area (Å²) in [6.45, 7) is 3.60. The summed E-state index contributed by atoms with van der Waals surface area (Å²) in [6, 6.07) is 5.42. The molecule has 1 atom stereocenters. The Morgan fingerprint density at radius 2 is 2.16 bits per heavy atom. The van der Waals surface area contributed by atoms with Gasteiger partial charge in [0.05, 0.1) is 10.6 Å². The quantitative estimate of drug-likeness (QED) is 0.907. The van der Waals surface area contributed by atoms with Crippen molar-refractivity contribution in [3.8, 4) is 0 Å². The van der Waals surface area contributed by atoms with Crippen molar-refractivity contribution >= 4 is 33.4 Å². The second-order valence-corrected chi connectivity index (χ2v) is 6.16. The summed E-state index contributed by atoms with van der Waals surface area (Å²) in [5.41, 5.74) is 0.509. The molecule has 1 N–H and O–H groups in total. The molecule has 2 rings (SSSR count). The zero-order valence-electron chi connectivity index (χ0n) is 10.8. The molecule has 1 aliphatic heterocycles. The van der Waals surface area contributed by atoms with Crippen LogP contribution in [0.2, 0.25) is 5.02 Å². The lowest BCUT2D eigenvalue weighted by molar-refractivity contribution is 0.0538. The molecular formula is C14H17BrClNO2. The van der Waals surface area contributed by atoms with Crippen LogP contribution in [0.15, 0.2) is 22.7 Å². The number of amides is 1. The molecule has 19 heavy (non-hydrogen) atoms. The standard InChI is InChI=1S/C14H17BrClNO2/c1-9(10-4-6-19-7-5-10)17-14(18)12-8-11(15)2-3-13(12)16/h2-3,8-10H,4-7H2,1H3,(H,17,18). The molecule has 0 aromatic heterocycles. The molecular weight excluding hydrogens is 330 g/mol. The molecule has 1 aliphatic rings. The predicted molar refractivity (Wildman–Crippen MR) is 79.6 cm³/mol. The lowest BCUT2D eigenvalue weighted by atomic mass is 9.93. The smallest absolute Gasteiger partial charge is 0.253 e. The average Bonchev–Trinajstić information content (AvgIpc) is 2.42. The van der Waals surface area contributed by atoms with E-state index >= 15 is 0 Å². The van der Waals surface area contributed by atoms with Crippen molar-refractivity contribution in [1.29, 1.82) is 0 Å². The second-order valence-electron chi connectivity index (χ2n) is 4.84. The van der Waals surface area contributed by atoms with E-state index in [0.717, 1.165) is 30.5 Å². The van der Waals surface area contributed by atoms with E-state index in [1.807, 2.05) is 13.0 Å². The summed E-state index contributed by atoms with van der Waals surface area (Å²) in [7, 11) is 0. The summed E-state index contributed by atoms with van der Waals surface area (Å²) in [5, 5.41) is 3.51. The van der Waals surface area contributed by atoms with Crippen LogP contribution < -0.4 is 5.32 Å². The number of carbonyl (C=O) groups excluding carboxylic acids is 1. The third-order valence-corrected chi connectivity index (χ3v) is 4.33. The van der Waals surface area contributed by atoms with Crippen LogP contribution >= 0.6 is 27.5 Å². The first kappa shape index (κ1) is 14.8. The highest BCUT2D eigenvalue weighted by Gasteiger charge is 2.23. The molecule has 1 aromatic carbocycles. The van der Waals surface area contributed by atoms with Crippen LogP contribution in [0.5, 0.6) is 0 Å². The summed E-state index contributed by atoms with van der Waals surface area (Å²) >= 11 is 9.41. The maximum atomic E-state index is 12.2. The maximum absolute atomic E-state index is 12.2. The summed E-state index contributed by atoms with van der Waals surface area (Å²) in [4.78, 5) is 12.2. The van der Waals surface area contributed by atoms with Crippen LogP contribution in [-0.4, -0.2) is 25.2 Å². The highest BCUT2D eigenvalue weighted by Crippen LogP contribution is 2.22. The zero-order valence-corrected chi connectivity index (χ0v) is 13.1. The minimum Gasteiger partial charge on any atom is -0.381 e. The Bertz CT molecular complexity index is 461. The average molecular weight is 347 g/mol. The molecule has 1 amide bonds. The molecule has 0 radical (unpaired) electrons. The lowest BCUT2D eigenvalue weighted by Gasteiger charge is -2.28. The Morgan fingerprint density at radius 3 is 2.84 bits per heavy atom. The fraction of sp³-hybridized carbons (Fsp3) is 0.500. The molecule has 1 heterocycles. The van der Waals surface area contributed by atoms with Crippen molar-refractivity contribution in [2.45, 2.75) is 25.8 Å². The number of halogens is 2. The zero-order chi connectivity index (χ0) is 13.8. The monoisotopic (exact) mass is 345 g/mol. The van der Waals surface area contributed by atoms with Crippen molar-refractivity contribution < 1.29 is 9.53 Å². The van der Waals surface area contributed by atoms with Crippen LogP contribution in [0.1, 0.15) is 30.1 Å². The predicted octanol–water partition coefficient (Wildman–Crippen LogP) is 3.65. The van der Waals surface area contributed by atoms with Crippen molar-refractivity contribution in [2.75, 3.05) is 13.2 Å². The molecule has 0 aliphatic carbocycles. The third kappa shape index (κ3) is 3.94. The van der Waals surface area contributed by atoms with E-state index in [-0.39, 0.29) is 11.9 Å². The Hall–Kier alpha value is -0.580. The lowest BCUT2D eigenvalue weighted by Crippen LogP contribution is -2.40. The summed E-state index contributed by atoms with van der Waals surface area (Å²) in [6.07, 6.45) is 1.99. The van der Waals surface area contributed by atoms with Gasteiger partial charge in [0, 0.05) is 23.7 Å². The van der Waals surface area contributed by atoms with Gasteiger partial charge in [0.1, 0.15) is 0 Å². The minimum atomic E-state index is -0.120. The maximum Gasteiger partial charge on any atom is 0.253 e. The van der Waals surface area contributed by atoms with Crippen molar-refractivity contribution in [1.82, 2.24) is 5.32 Å². The highest BCUT2D eigenvalue weighted by atomic mass is 79.9. The molecule has 0 saturated carbocycles. The first-order valence-corrected chi connectivity index (χ1v) is 7.58. The van der Waals surface area contributed by atoms with Gasteiger partial charge in [-0.2, -0.15) is 0 Å². The van der Waals surface area contributed by atoms with Gasteiger partial charge >= 0.3 is 0 Å². The number of hydrogen-bond donors (Lipinski definition) is 1. The van der Waals surface area contributed by atoms with Gasteiger partial charge in [0.25, 0.3) is 5.91 Å². The molecule has 104 valence electrons. The van der Waals surface area contributed by atoms with Crippen molar-refractivity contribution in [3.05, 3.63) is 33.3 Å². The topological polar surface area (TPSA) is 38.3 Å². The highest BCUT2D eigenvalue weighted by molar-refractivity contribution is 9.10. The summed E-state index contributed by atoms with van der Waals surface area (Å²) in [5.74, 6) is 0.355. The second kappa shape index (κ2) is 6.73. The molecule has 0 bridgehead atoms. The van der Waals surface area contributed by atoms with Crippen molar-refractivity contribution in [3.63, 3.8) is 0 Å². The van der Waals surface area contributed by atoms with Gasteiger partial charge in [-0.3, -0.25) is 4.79 Å². The molecule has 1 fully saturated rings. The van der Waals surface area contributed by atoms with Crippen LogP contribution in [0.25, 0.3) is 0 Å². The van der Waals surface area contributed by atoms with E-state index in [4.69, 9.17) is 16.3 Å². The van der Waals surface area contributed by atoms with Gasteiger partial charge in [0.2, 0.25) is 0 Å². The normalized spacial score (nSPS) is 18.1. The van der Waals surface area contributed by atoms with E-state index < -0.39 is 0 Å². The van der Waals surface area contributed by atoms with Crippen LogP contribution in [0.3, 0.4) is 0 Å². The fourth-order valence-electron chi connectivity index (χ4n) is 2.29. The van der Waals surface area contributed by atoms with Gasteiger partial charge in [-0.25, -0.2) is 0 Å². The Labute approximate surface area is 126 Å². The number of carbonyl (C=O) groups is 1. The SMILES string of the molecule is CC(NC(=O)c1cc(Br)ccc1Cl)C1CCOCC1. The molecule has 3 nitrogen and oxygen atoms in total. The first-order valence-electron chi connectivity index (χ1n) is 6.41. The van der Waals surface area contributed by atoms with Gasteiger partial charge in [0.15, 0.2) is 0 Å². The van der Waals surface area contributed by atoms with Gasteiger partial charge in [-0.1, -0.05) is 27.5 Å². The van der Waals surface area contributed by atoms with Crippen LogP contribution in [-0.2, 0) is 4.74 Å². The molecule has 1 aromatic rings. The van der Waals surface area contributed by atoms with E-state index in [1.54, 1.807) is 12.1 Å². The largest absolute Gasteiger partial charge is 0.381 e. The molecule has 1 unspecified atom stereocenters. The van der Waals surface area contributed by atoms with Crippen LogP contribution in [0, 0.1) is 5.92 Å². The number of ether oxygens (including phenoxy) is 1. The summed E-state index contributed by atoms with van der Waals surface area (Å²) < 4.78 is 6.18. The molecule has 1 saturated heterocycles. The van der Waals surface area contributed by atoms with E-state index in [9.17, 15) is 4.79 Å². The third-order valence-electron chi connectivity index (χ3n) is 3.50. The Balaban J connectivity index is 2.01. The van der Waals surface area contributed by atoms with E-state index in [0.29, 0.717) is 16.5 Å². The minimum absolute atomic E-state index is 0.120. The van der Waals surface area contributed by atoms with Gasteiger partial charge < -0.3 is 10.1 Å². The molecule has 5 heteroatoms. The molecule has 0 spiro atoms. The van der Waals surface area contributed by atoms with Gasteiger partial charge in [-0.15, -0.1) is 0 Å². The number of hydrogen-bond acceptors (Lipinski definition) is 2. The van der Waals surface area contributed by atoms with E-state index in [2.05, 4.69) is 21.2 Å². The number of benzene rings is 1. The van der Waals surface area contributed by atoms with E-state index in [1.165, 1.54) is 0 Å². The Kier molecular flexibility index (Phi) is 5.25. The number of rotatable bonds is 3. The first-order chi connectivity index (χ1) is 9.08. The Morgan fingerprint density at radius 1 is 1.47 bits per heavy atom. The number of nitrogens with one attached hydrogen (secondary N) is 1. The van der Waals surface area contributed by atoms with Gasteiger partial charge in [-0.05, 0) is 43.9 Å².